The molecule has 2 rings (SSSR count). The highest BCUT2D eigenvalue weighted by Crippen LogP contribution is 2.14. The number of nitrogens with one attached hydrogen (secondary N) is 1. The summed E-state index contributed by atoms with van der Waals surface area (Å²) in [5.41, 5.74) is 1.27. The molecule has 0 atom stereocenters. The average molecular weight is 289 g/mol. The molecule has 0 bridgehead atoms. The van der Waals surface area contributed by atoms with Crippen molar-refractivity contribution in [1.82, 2.24) is 4.98 Å². The third kappa shape index (κ3) is 3.56. The smallest absolute Gasteiger partial charge is 0.371 e. The van der Waals surface area contributed by atoms with Crippen molar-refractivity contribution in [3.05, 3.63) is 71.0 Å². The Morgan fingerprint density at radius 3 is 2.62 bits per heavy atom. The molecule has 0 fully saturated rings. The first-order valence-electron chi connectivity index (χ1n) is 6.06. The van der Waals surface area contributed by atoms with Gasteiger partial charge in [-0.3, -0.25) is 4.79 Å². The van der Waals surface area contributed by atoms with E-state index in [1.54, 1.807) is 18.2 Å². The number of aliphatic hydroxyl groups is 1. The van der Waals surface area contributed by atoms with Crippen LogP contribution in [-0.2, 0) is 11.2 Å². The number of allylic oxidation sites excluding steroid dienone is 1. The van der Waals surface area contributed by atoms with Crippen molar-refractivity contribution in [2.24, 2.45) is 0 Å². The molecule has 0 saturated heterocycles. The van der Waals surface area contributed by atoms with Crippen molar-refractivity contribution in [1.29, 1.82) is 0 Å². The van der Waals surface area contributed by atoms with Gasteiger partial charge in [0.1, 0.15) is 5.82 Å². The molecule has 1 aromatic carbocycles. The zero-order chi connectivity index (χ0) is 15.4. The van der Waals surface area contributed by atoms with Crippen molar-refractivity contribution in [2.45, 2.75) is 6.42 Å². The molecule has 0 amide bonds. The van der Waals surface area contributed by atoms with Crippen LogP contribution in [0.2, 0.25) is 0 Å². The summed E-state index contributed by atoms with van der Waals surface area (Å²) in [5, 5.41) is 17.5. The molecular formula is C15H12FNO4. The van der Waals surface area contributed by atoms with E-state index in [-0.39, 0.29) is 17.8 Å². The molecule has 6 heteroatoms. The van der Waals surface area contributed by atoms with Gasteiger partial charge in [0.2, 0.25) is 5.76 Å². The number of aliphatic hydroxyl groups excluding tert-OH is 1. The largest absolute Gasteiger partial charge is 0.502 e. The number of aliphatic carboxylic acids is 1. The zero-order valence-corrected chi connectivity index (χ0v) is 10.8. The maximum atomic E-state index is 13.5. The van der Waals surface area contributed by atoms with Gasteiger partial charge in [0.25, 0.3) is 0 Å². The number of hydrogen-bond donors (Lipinski definition) is 3. The minimum Gasteiger partial charge on any atom is -0.502 e. The number of hydrogen-bond acceptors (Lipinski definition) is 3. The van der Waals surface area contributed by atoms with E-state index in [0.29, 0.717) is 17.3 Å². The Bertz CT molecular complexity index is 718. The summed E-state index contributed by atoms with van der Waals surface area (Å²) in [6.45, 7) is 0. The van der Waals surface area contributed by atoms with Gasteiger partial charge in [0.05, 0.1) is 0 Å². The number of aromatic amines is 1. The van der Waals surface area contributed by atoms with Crippen LogP contribution in [0.4, 0.5) is 4.39 Å². The molecule has 3 N–H and O–H groups in total. The van der Waals surface area contributed by atoms with Crippen LogP contribution in [-0.4, -0.2) is 26.9 Å². The van der Waals surface area contributed by atoms with Crippen molar-refractivity contribution < 1.29 is 24.2 Å². The van der Waals surface area contributed by atoms with E-state index in [9.17, 15) is 14.0 Å². The van der Waals surface area contributed by atoms with Gasteiger partial charge in [-0.25, -0.2) is 9.18 Å². The van der Waals surface area contributed by atoms with Gasteiger partial charge >= 0.3 is 5.97 Å². The van der Waals surface area contributed by atoms with Crippen LogP contribution in [0.5, 0.6) is 0 Å². The standard InChI is InChI=1S/C15H12FNO4/c16-12-4-2-1-3-9(12)5-11-6-10(8-17-11)13(18)7-14(19)15(20)21/h1-4,6-8,17,19H,5H2,(H,20,21)/b14-7-. The summed E-state index contributed by atoms with van der Waals surface area (Å²) in [7, 11) is 0. The average Bonchev–Trinajstić information content (AvgIpc) is 2.90. The molecule has 0 spiro atoms. The van der Waals surface area contributed by atoms with E-state index in [1.807, 2.05) is 0 Å². The SMILES string of the molecule is O=C(O)/C(O)=C/C(=O)c1c[nH]c(Cc2ccccc2F)c1. The first kappa shape index (κ1) is 14.5. The molecule has 0 aliphatic carbocycles. The van der Waals surface area contributed by atoms with Gasteiger partial charge < -0.3 is 15.2 Å². The predicted molar refractivity (Wildman–Crippen MR) is 72.7 cm³/mol. The normalized spacial score (nSPS) is 11.4. The molecule has 0 unspecified atom stereocenters. The van der Waals surface area contributed by atoms with Crippen molar-refractivity contribution in [2.75, 3.05) is 0 Å². The zero-order valence-electron chi connectivity index (χ0n) is 10.8. The Morgan fingerprint density at radius 2 is 1.95 bits per heavy atom. The number of carbonyl (C=O) groups excluding carboxylic acids is 1. The fourth-order valence-electron chi connectivity index (χ4n) is 1.80. The topological polar surface area (TPSA) is 90.4 Å². The molecule has 2 aromatic rings. The number of carboxylic acids is 1. The molecule has 5 nitrogen and oxygen atoms in total. The molecule has 0 aliphatic heterocycles. The van der Waals surface area contributed by atoms with E-state index >= 15 is 0 Å². The molecule has 21 heavy (non-hydrogen) atoms. The second-order valence-electron chi connectivity index (χ2n) is 4.38. The first-order valence-corrected chi connectivity index (χ1v) is 6.06. The molecule has 1 aromatic heterocycles. The number of carbonyl (C=O) groups is 2. The van der Waals surface area contributed by atoms with E-state index in [1.165, 1.54) is 18.3 Å². The van der Waals surface area contributed by atoms with Crippen LogP contribution in [0.1, 0.15) is 21.6 Å². The van der Waals surface area contributed by atoms with Gasteiger partial charge in [0.15, 0.2) is 5.78 Å². The Kier molecular flexibility index (Phi) is 4.18. The number of H-pyrrole nitrogens is 1. The molecule has 0 radical (unpaired) electrons. The van der Waals surface area contributed by atoms with Crippen molar-refractivity contribution in [3.8, 4) is 0 Å². The number of benzene rings is 1. The van der Waals surface area contributed by atoms with Crippen molar-refractivity contribution >= 4 is 11.8 Å². The maximum absolute atomic E-state index is 13.5. The lowest BCUT2D eigenvalue weighted by Gasteiger charge is -2.00. The summed E-state index contributed by atoms with van der Waals surface area (Å²) < 4.78 is 13.5. The minimum atomic E-state index is -1.58. The monoisotopic (exact) mass is 289 g/mol. The third-order valence-corrected chi connectivity index (χ3v) is 2.85. The number of rotatable bonds is 5. The predicted octanol–water partition coefficient (Wildman–Crippen LogP) is 2.45. The molecule has 108 valence electrons. The summed E-state index contributed by atoms with van der Waals surface area (Å²) in [6, 6.07) is 7.76. The lowest BCUT2D eigenvalue weighted by Crippen LogP contribution is -2.03. The Balaban J connectivity index is 2.15. The van der Waals surface area contributed by atoms with Gasteiger partial charge in [-0.15, -0.1) is 0 Å². The fourth-order valence-corrected chi connectivity index (χ4v) is 1.80. The number of ketones is 1. The van der Waals surface area contributed by atoms with E-state index in [4.69, 9.17) is 10.2 Å². The number of halogens is 1. The number of carboxylic acid groups (broad SMARTS) is 1. The Morgan fingerprint density at radius 1 is 1.24 bits per heavy atom. The maximum Gasteiger partial charge on any atom is 0.371 e. The van der Waals surface area contributed by atoms with E-state index < -0.39 is 17.5 Å². The highest BCUT2D eigenvalue weighted by molar-refractivity contribution is 6.07. The highest BCUT2D eigenvalue weighted by Gasteiger charge is 2.12. The van der Waals surface area contributed by atoms with Gasteiger partial charge in [-0.05, 0) is 17.7 Å². The second kappa shape index (κ2) is 6.04. The molecule has 0 saturated carbocycles. The van der Waals surface area contributed by atoms with Crippen molar-refractivity contribution in [3.63, 3.8) is 0 Å². The van der Waals surface area contributed by atoms with Gasteiger partial charge in [0, 0.05) is 30.0 Å². The molecule has 0 aliphatic rings. The minimum absolute atomic E-state index is 0.189. The van der Waals surface area contributed by atoms with Crippen LogP contribution in [0.3, 0.4) is 0 Å². The van der Waals surface area contributed by atoms with E-state index in [2.05, 4.69) is 4.98 Å². The van der Waals surface area contributed by atoms with Crippen LogP contribution in [0, 0.1) is 5.82 Å². The molecular weight excluding hydrogens is 277 g/mol. The Labute approximate surface area is 119 Å². The van der Waals surface area contributed by atoms with Gasteiger partial charge in [-0.1, -0.05) is 18.2 Å². The van der Waals surface area contributed by atoms with Crippen LogP contribution >= 0.6 is 0 Å². The summed E-state index contributed by atoms with van der Waals surface area (Å²) in [5.74, 6) is -3.60. The first-order chi connectivity index (χ1) is 9.97. The fraction of sp³-hybridized carbons (Fsp3) is 0.0667. The molecule has 1 heterocycles. The lowest BCUT2D eigenvalue weighted by atomic mass is 10.1. The number of aromatic nitrogens is 1. The van der Waals surface area contributed by atoms with E-state index in [0.717, 1.165) is 0 Å². The van der Waals surface area contributed by atoms with Crippen LogP contribution < -0.4 is 0 Å². The Hall–Kier alpha value is -2.89. The lowest BCUT2D eigenvalue weighted by molar-refractivity contribution is -0.135. The summed E-state index contributed by atoms with van der Waals surface area (Å²) >= 11 is 0. The summed E-state index contributed by atoms with van der Waals surface area (Å²) in [4.78, 5) is 24.9. The third-order valence-electron chi connectivity index (χ3n) is 2.85. The highest BCUT2D eigenvalue weighted by atomic mass is 19.1. The second-order valence-corrected chi connectivity index (χ2v) is 4.38. The quantitative estimate of drug-likeness (QED) is 0.448. The summed E-state index contributed by atoms with van der Waals surface area (Å²) in [6.07, 6.45) is 2.27. The van der Waals surface area contributed by atoms with Crippen LogP contribution in [0.15, 0.2) is 48.4 Å². The van der Waals surface area contributed by atoms with Crippen LogP contribution in [0.25, 0.3) is 0 Å². The van der Waals surface area contributed by atoms with Gasteiger partial charge in [-0.2, -0.15) is 0 Å².